The van der Waals surface area contributed by atoms with Gasteiger partial charge in [-0.1, -0.05) is 26.0 Å². The second-order valence-corrected chi connectivity index (χ2v) is 5.89. The number of nitrogens with one attached hydrogen (secondary N) is 1. The monoisotopic (exact) mass is 365 g/mol. The van der Waals surface area contributed by atoms with Crippen LogP contribution in [-0.2, 0) is 6.18 Å². The average molecular weight is 365 g/mol. The molecule has 26 heavy (non-hydrogen) atoms. The van der Waals surface area contributed by atoms with Gasteiger partial charge in [0.15, 0.2) is 0 Å². The molecular formula is C19H22F3N3O. The highest BCUT2D eigenvalue weighted by Crippen LogP contribution is 2.34. The van der Waals surface area contributed by atoms with Crippen LogP contribution in [0.4, 0.5) is 24.5 Å². The third-order valence-corrected chi connectivity index (χ3v) is 3.81. The smallest absolute Gasteiger partial charge is 0.370 e. The maximum atomic E-state index is 13.0. The van der Waals surface area contributed by atoms with Crippen LogP contribution >= 0.6 is 0 Å². The molecule has 7 heteroatoms. The number of para-hydroxylation sites is 1. The lowest BCUT2D eigenvalue weighted by Crippen LogP contribution is -2.25. The summed E-state index contributed by atoms with van der Waals surface area (Å²) < 4.78 is 39.0. The number of hydrogen-bond donors (Lipinski definition) is 1. The minimum absolute atomic E-state index is 0.0682. The lowest BCUT2D eigenvalue weighted by molar-refractivity contribution is -0.136. The third kappa shape index (κ3) is 4.97. The summed E-state index contributed by atoms with van der Waals surface area (Å²) >= 11 is 0. The predicted octanol–water partition coefficient (Wildman–Crippen LogP) is 4.98. The van der Waals surface area contributed by atoms with Crippen molar-refractivity contribution in [3.8, 4) is 0 Å². The molecule has 2 rings (SSSR count). The Morgan fingerprint density at radius 3 is 2.27 bits per heavy atom. The van der Waals surface area contributed by atoms with Crippen molar-refractivity contribution in [3.05, 3.63) is 53.9 Å². The Labute approximate surface area is 151 Å². The van der Waals surface area contributed by atoms with Gasteiger partial charge in [-0.15, -0.1) is 0 Å². The van der Waals surface area contributed by atoms with Gasteiger partial charge in [0, 0.05) is 13.1 Å². The van der Waals surface area contributed by atoms with Crippen molar-refractivity contribution < 1.29 is 18.0 Å². The highest BCUT2D eigenvalue weighted by atomic mass is 19.4. The van der Waals surface area contributed by atoms with E-state index in [1.165, 1.54) is 24.3 Å². The van der Waals surface area contributed by atoms with Crippen LogP contribution in [0.3, 0.4) is 0 Å². The van der Waals surface area contributed by atoms with Gasteiger partial charge in [0.25, 0.3) is 5.91 Å². The number of hydrogen-bond acceptors (Lipinski definition) is 3. The van der Waals surface area contributed by atoms with Gasteiger partial charge >= 0.3 is 6.18 Å². The molecule has 0 saturated carbocycles. The molecule has 1 aromatic carbocycles. The van der Waals surface area contributed by atoms with Crippen LogP contribution in [0.15, 0.2) is 42.6 Å². The zero-order valence-corrected chi connectivity index (χ0v) is 14.8. The summed E-state index contributed by atoms with van der Waals surface area (Å²) in [4.78, 5) is 18.5. The Kier molecular flexibility index (Phi) is 6.60. The van der Waals surface area contributed by atoms with Gasteiger partial charge in [-0.3, -0.25) is 4.79 Å². The minimum atomic E-state index is -4.54. The molecule has 0 bridgehead atoms. The summed E-state index contributed by atoms with van der Waals surface area (Å²) in [7, 11) is 0. The van der Waals surface area contributed by atoms with Crippen LogP contribution in [0.5, 0.6) is 0 Å². The van der Waals surface area contributed by atoms with Crippen molar-refractivity contribution in [2.45, 2.75) is 32.9 Å². The van der Waals surface area contributed by atoms with Crippen molar-refractivity contribution in [2.75, 3.05) is 23.3 Å². The Balaban J connectivity index is 2.16. The number of aromatic nitrogens is 1. The SMILES string of the molecule is CCCN(CCC)c1ccc(C(=O)Nc2ccccc2C(F)(F)F)nc1. The number of benzene rings is 1. The maximum absolute atomic E-state index is 13.0. The summed E-state index contributed by atoms with van der Waals surface area (Å²) in [5.74, 6) is -0.675. The summed E-state index contributed by atoms with van der Waals surface area (Å²) in [5, 5.41) is 2.30. The van der Waals surface area contributed by atoms with Crippen LogP contribution in [-0.4, -0.2) is 24.0 Å². The molecule has 1 amide bonds. The number of nitrogens with zero attached hydrogens (tertiary/aromatic N) is 2. The fourth-order valence-electron chi connectivity index (χ4n) is 2.64. The molecule has 0 radical (unpaired) electrons. The molecule has 0 fully saturated rings. The number of pyridine rings is 1. The van der Waals surface area contributed by atoms with E-state index in [1.807, 2.05) is 0 Å². The van der Waals surface area contributed by atoms with E-state index < -0.39 is 17.6 Å². The van der Waals surface area contributed by atoms with Crippen molar-refractivity contribution >= 4 is 17.3 Å². The first-order valence-electron chi connectivity index (χ1n) is 8.55. The Morgan fingerprint density at radius 2 is 1.73 bits per heavy atom. The average Bonchev–Trinajstić information content (AvgIpc) is 2.61. The van der Waals surface area contributed by atoms with E-state index in [4.69, 9.17) is 0 Å². The van der Waals surface area contributed by atoms with Crippen molar-refractivity contribution in [1.82, 2.24) is 4.98 Å². The number of alkyl halides is 3. The van der Waals surface area contributed by atoms with Crippen molar-refractivity contribution in [1.29, 1.82) is 0 Å². The van der Waals surface area contributed by atoms with E-state index in [0.29, 0.717) is 0 Å². The molecule has 0 unspecified atom stereocenters. The number of carbonyl (C=O) groups is 1. The molecule has 0 aliphatic rings. The quantitative estimate of drug-likeness (QED) is 0.753. The first-order valence-corrected chi connectivity index (χ1v) is 8.55. The molecule has 2 aromatic rings. The molecule has 0 aliphatic carbocycles. The fourth-order valence-corrected chi connectivity index (χ4v) is 2.64. The molecule has 0 spiro atoms. The third-order valence-electron chi connectivity index (χ3n) is 3.81. The van der Waals surface area contributed by atoms with Crippen molar-refractivity contribution in [2.24, 2.45) is 0 Å². The zero-order valence-electron chi connectivity index (χ0n) is 14.8. The number of rotatable bonds is 7. The number of carbonyl (C=O) groups excluding carboxylic acids is 1. The number of halogens is 3. The molecule has 140 valence electrons. The van der Waals surface area contributed by atoms with Crippen LogP contribution in [0, 0.1) is 0 Å². The Hall–Kier alpha value is -2.57. The van der Waals surface area contributed by atoms with Gasteiger partial charge in [-0.05, 0) is 37.1 Å². The fraction of sp³-hybridized carbons (Fsp3) is 0.368. The molecule has 0 atom stereocenters. The lowest BCUT2D eigenvalue weighted by Gasteiger charge is -2.23. The second-order valence-electron chi connectivity index (χ2n) is 5.89. The zero-order chi connectivity index (χ0) is 19.2. The number of anilines is 2. The standard InChI is InChI=1S/C19H22F3N3O/c1-3-11-25(12-4-2)14-9-10-17(23-13-14)18(26)24-16-8-6-5-7-15(16)19(20,21)22/h5-10,13H,3-4,11-12H2,1-2H3,(H,24,26). The Morgan fingerprint density at radius 1 is 1.08 bits per heavy atom. The number of amides is 1. The highest BCUT2D eigenvalue weighted by molar-refractivity contribution is 6.03. The minimum Gasteiger partial charge on any atom is -0.370 e. The van der Waals surface area contributed by atoms with Gasteiger partial charge in [-0.2, -0.15) is 13.2 Å². The van der Waals surface area contributed by atoms with Gasteiger partial charge in [-0.25, -0.2) is 4.98 Å². The molecular weight excluding hydrogens is 343 g/mol. The van der Waals surface area contributed by atoms with Gasteiger partial charge < -0.3 is 10.2 Å². The van der Waals surface area contributed by atoms with Crippen LogP contribution in [0.25, 0.3) is 0 Å². The van der Waals surface area contributed by atoms with E-state index >= 15 is 0 Å². The molecule has 1 aromatic heterocycles. The van der Waals surface area contributed by atoms with E-state index in [0.717, 1.165) is 37.7 Å². The Bertz CT molecular complexity index is 724. The van der Waals surface area contributed by atoms with E-state index in [2.05, 4.69) is 29.0 Å². The maximum Gasteiger partial charge on any atom is 0.418 e. The van der Waals surface area contributed by atoms with Crippen LogP contribution < -0.4 is 10.2 Å². The van der Waals surface area contributed by atoms with Gasteiger partial charge in [0.1, 0.15) is 5.69 Å². The molecule has 1 heterocycles. The van der Waals surface area contributed by atoms with Crippen molar-refractivity contribution in [3.63, 3.8) is 0 Å². The normalized spacial score (nSPS) is 11.3. The summed E-state index contributed by atoms with van der Waals surface area (Å²) in [6.07, 6.45) is -0.995. The lowest BCUT2D eigenvalue weighted by atomic mass is 10.1. The summed E-state index contributed by atoms with van der Waals surface area (Å²) in [6.45, 7) is 5.91. The molecule has 1 N–H and O–H groups in total. The van der Waals surface area contributed by atoms with Gasteiger partial charge in [0.05, 0.1) is 23.1 Å². The highest BCUT2D eigenvalue weighted by Gasteiger charge is 2.33. The molecule has 4 nitrogen and oxygen atoms in total. The van der Waals surface area contributed by atoms with E-state index in [9.17, 15) is 18.0 Å². The van der Waals surface area contributed by atoms with E-state index in [1.54, 1.807) is 12.3 Å². The topological polar surface area (TPSA) is 45.2 Å². The second kappa shape index (κ2) is 8.69. The summed E-state index contributed by atoms with van der Waals surface area (Å²) in [5.41, 5.74) is -0.212. The molecule has 0 saturated heterocycles. The largest absolute Gasteiger partial charge is 0.418 e. The van der Waals surface area contributed by atoms with Crippen LogP contribution in [0.2, 0.25) is 0 Å². The van der Waals surface area contributed by atoms with Gasteiger partial charge in [0.2, 0.25) is 0 Å². The first-order chi connectivity index (χ1) is 12.4. The molecule has 0 aliphatic heterocycles. The first kappa shape index (κ1) is 19.8. The predicted molar refractivity (Wildman–Crippen MR) is 96.4 cm³/mol. The van der Waals surface area contributed by atoms with E-state index in [-0.39, 0.29) is 11.4 Å². The van der Waals surface area contributed by atoms with Crippen LogP contribution in [0.1, 0.15) is 42.7 Å². The summed E-state index contributed by atoms with van der Waals surface area (Å²) in [6, 6.07) is 8.16.